The summed E-state index contributed by atoms with van der Waals surface area (Å²) in [5, 5.41) is 0. The molecule has 0 N–H and O–H groups in total. The number of cyclic esters (lactones) is 1. The maximum atomic E-state index is 11.3. The Morgan fingerprint density at radius 3 is 2.92 bits per heavy atom. The third-order valence-electron chi connectivity index (χ3n) is 2.39. The van der Waals surface area contributed by atoms with E-state index in [2.05, 4.69) is 6.92 Å². The van der Waals surface area contributed by atoms with Crippen LogP contribution < -0.4 is 0 Å². The summed E-state index contributed by atoms with van der Waals surface area (Å²) in [6.45, 7) is 4.57. The standard InChI is InChI=1S/C11H18O2/c1-9-6-4-3-5-7-13-11(12)10(2)8-9/h8-9H,3-7H2,1-2H3/b10-8+. The van der Waals surface area contributed by atoms with Crippen LogP contribution >= 0.6 is 0 Å². The second-order valence-corrected chi connectivity index (χ2v) is 3.81. The number of rotatable bonds is 0. The van der Waals surface area contributed by atoms with Crippen molar-refractivity contribution < 1.29 is 9.53 Å². The van der Waals surface area contributed by atoms with Gasteiger partial charge in [0.15, 0.2) is 0 Å². The van der Waals surface area contributed by atoms with Crippen LogP contribution in [0.25, 0.3) is 0 Å². The molecular formula is C11H18O2. The van der Waals surface area contributed by atoms with Crippen LogP contribution in [0, 0.1) is 5.92 Å². The second kappa shape index (κ2) is 5.05. The number of carbonyl (C=O) groups excluding carboxylic acids is 1. The molecule has 0 saturated heterocycles. The Morgan fingerprint density at radius 1 is 1.38 bits per heavy atom. The Hall–Kier alpha value is -0.790. The zero-order chi connectivity index (χ0) is 9.68. The molecular weight excluding hydrogens is 164 g/mol. The Balaban J connectivity index is 2.60. The van der Waals surface area contributed by atoms with Gasteiger partial charge >= 0.3 is 5.97 Å². The molecule has 74 valence electrons. The molecule has 0 bridgehead atoms. The van der Waals surface area contributed by atoms with E-state index in [-0.39, 0.29) is 5.97 Å². The van der Waals surface area contributed by atoms with E-state index in [1.54, 1.807) is 0 Å². The van der Waals surface area contributed by atoms with Crippen LogP contribution in [-0.2, 0) is 9.53 Å². The lowest BCUT2D eigenvalue weighted by atomic mass is 10.0. The molecule has 2 nitrogen and oxygen atoms in total. The molecule has 1 rings (SSSR count). The van der Waals surface area contributed by atoms with Gasteiger partial charge in [-0.25, -0.2) is 4.79 Å². The fraction of sp³-hybridized carbons (Fsp3) is 0.727. The normalized spacial score (nSPS) is 30.2. The summed E-state index contributed by atoms with van der Waals surface area (Å²) in [6, 6.07) is 0. The summed E-state index contributed by atoms with van der Waals surface area (Å²) < 4.78 is 5.07. The Labute approximate surface area is 80.0 Å². The Morgan fingerprint density at radius 2 is 2.15 bits per heavy atom. The number of hydrogen-bond acceptors (Lipinski definition) is 2. The summed E-state index contributed by atoms with van der Waals surface area (Å²) in [5.41, 5.74) is 0.759. The third-order valence-corrected chi connectivity index (χ3v) is 2.39. The summed E-state index contributed by atoms with van der Waals surface area (Å²) in [6.07, 6.45) is 6.62. The molecule has 1 aliphatic heterocycles. The van der Waals surface area contributed by atoms with Crippen LogP contribution in [0.15, 0.2) is 11.6 Å². The summed E-state index contributed by atoms with van der Waals surface area (Å²) in [5.74, 6) is 0.361. The van der Waals surface area contributed by atoms with Crippen molar-refractivity contribution in [3.05, 3.63) is 11.6 Å². The van der Waals surface area contributed by atoms with Gasteiger partial charge in [0.25, 0.3) is 0 Å². The quantitative estimate of drug-likeness (QED) is 0.538. The van der Waals surface area contributed by atoms with Crippen LogP contribution in [0.3, 0.4) is 0 Å². The molecule has 1 unspecified atom stereocenters. The highest BCUT2D eigenvalue weighted by Crippen LogP contribution is 2.15. The minimum atomic E-state index is -0.145. The fourth-order valence-corrected chi connectivity index (χ4v) is 1.60. The van der Waals surface area contributed by atoms with E-state index in [0.717, 1.165) is 12.0 Å². The van der Waals surface area contributed by atoms with E-state index in [0.29, 0.717) is 12.5 Å². The van der Waals surface area contributed by atoms with E-state index in [4.69, 9.17) is 4.74 Å². The lowest BCUT2D eigenvalue weighted by Crippen LogP contribution is -2.09. The van der Waals surface area contributed by atoms with Crippen molar-refractivity contribution in [1.29, 1.82) is 0 Å². The van der Waals surface area contributed by atoms with Gasteiger partial charge in [0.1, 0.15) is 0 Å². The summed E-state index contributed by atoms with van der Waals surface area (Å²) in [7, 11) is 0. The molecule has 0 saturated carbocycles. The van der Waals surface area contributed by atoms with Crippen LogP contribution in [0.2, 0.25) is 0 Å². The largest absolute Gasteiger partial charge is 0.462 e. The Kier molecular flexibility index (Phi) is 4.00. The monoisotopic (exact) mass is 182 g/mol. The lowest BCUT2D eigenvalue weighted by molar-refractivity contribution is -0.139. The topological polar surface area (TPSA) is 26.3 Å². The molecule has 1 aliphatic rings. The van der Waals surface area contributed by atoms with E-state index in [1.807, 2.05) is 13.0 Å². The maximum Gasteiger partial charge on any atom is 0.333 e. The van der Waals surface area contributed by atoms with Crippen molar-refractivity contribution in [2.45, 2.75) is 39.5 Å². The molecule has 0 aromatic rings. The van der Waals surface area contributed by atoms with Crippen molar-refractivity contribution in [3.63, 3.8) is 0 Å². The third kappa shape index (κ3) is 3.62. The highest BCUT2D eigenvalue weighted by molar-refractivity contribution is 5.87. The highest BCUT2D eigenvalue weighted by atomic mass is 16.5. The molecule has 0 aromatic heterocycles. The first-order valence-corrected chi connectivity index (χ1v) is 5.05. The fourth-order valence-electron chi connectivity index (χ4n) is 1.60. The van der Waals surface area contributed by atoms with Crippen molar-refractivity contribution in [3.8, 4) is 0 Å². The molecule has 1 heterocycles. The molecule has 0 radical (unpaired) electrons. The van der Waals surface area contributed by atoms with Crippen molar-refractivity contribution in [2.24, 2.45) is 5.92 Å². The highest BCUT2D eigenvalue weighted by Gasteiger charge is 2.09. The first kappa shape index (κ1) is 10.3. The molecule has 0 amide bonds. The van der Waals surface area contributed by atoms with Crippen LogP contribution in [0.5, 0.6) is 0 Å². The summed E-state index contributed by atoms with van der Waals surface area (Å²) in [4.78, 5) is 11.3. The SMILES string of the molecule is C/C1=C\C(C)CCCCCOC1=O. The summed E-state index contributed by atoms with van der Waals surface area (Å²) >= 11 is 0. The molecule has 0 aromatic carbocycles. The number of hydrogen-bond donors (Lipinski definition) is 0. The van der Waals surface area contributed by atoms with Crippen LogP contribution in [0.1, 0.15) is 39.5 Å². The zero-order valence-corrected chi connectivity index (χ0v) is 8.51. The maximum absolute atomic E-state index is 11.3. The average Bonchev–Trinajstić information content (AvgIpc) is 2.09. The van der Waals surface area contributed by atoms with Crippen molar-refractivity contribution in [1.82, 2.24) is 0 Å². The van der Waals surface area contributed by atoms with Gasteiger partial charge in [-0.2, -0.15) is 0 Å². The van der Waals surface area contributed by atoms with E-state index in [9.17, 15) is 4.79 Å². The molecule has 0 aliphatic carbocycles. The molecule has 1 atom stereocenters. The lowest BCUT2D eigenvalue weighted by Gasteiger charge is -2.11. The van der Waals surface area contributed by atoms with Crippen molar-refractivity contribution >= 4 is 5.97 Å². The first-order valence-electron chi connectivity index (χ1n) is 5.05. The van der Waals surface area contributed by atoms with Gasteiger partial charge in [-0.3, -0.25) is 0 Å². The van der Waals surface area contributed by atoms with E-state index >= 15 is 0 Å². The zero-order valence-electron chi connectivity index (χ0n) is 8.51. The van der Waals surface area contributed by atoms with Gasteiger partial charge in [-0.15, -0.1) is 0 Å². The molecule has 0 fully saturated rings. The van der Waals surface area contributed by atoms with E-state index < -0.39 is 0 Å². The minimum absolute atomic E-state index is 0.145. The van der Waals surface area contributed by atoms with Crippen molar-refractivity contribution in [2.75, 3.05) is 6.61 Å². The Bertz CT molecular complexity index is 206. The van der Waals surface area contributed by atoms with Crippen LogP contribution in [-0.4, -0.2) is 12.6 Å². The van der Waals surface area contributed by atoms with Gasteiger partial charge in [0.05, 0.1) is 6.61 Å². The predicted octanol–water partition coefficient (Wildman–Crippen LogP) is 2.69. The average molecular weight is 182 g/mol. The van der Waals surface area contributed by atoms with Gasteiger partial charge in [-0.1, -0.05) is 25.8 Å². The van der Waals surface area contributed by atoms with Crippen LogP contribution in [0.4, 0.5) is 0 Å². The minimum Gasteiger partial charge on any atom is -0.462 e. The van der Waals surface area contributed by atoms with Gasteiger partial charge in [-0.05, 0) is 25.7 Å². The molecule has 0 spiro atoms. The van der Waals surface area contributed by atoms with Gasteiger partial charge in [0.2, 0.25) is 0 Å². The second-order valence-electron chi connectivity index (χ2n) is 3.81. The number of allylic oxidation sites excluding steroid dienone is 1. The van der Waals surface area contributed by atoms with E-state index in [1.165, 1.54) is 19.3 Å². The molecule has 13 heavy (non-hydrogen) atoms. The van der Waals surface area contributed by atoms with Gasteiger partial charge in [0, 0.05) is 5.57 Å². The number of esters is 1. The smallest absolute Gasteiger partial charge is 0.333 e. The first-order chi connectivity index (χ1) is 6.20. The number of ether oxygens (including phenoxy) is 1. The predicted molar refractivity (Wildman–Crippen MR) is 52.3 cm³/mol. The number of carbonyl (C=O) groups is 1. The van der Waals surface area contributed by atoms with Gasteiger partial charge < -0.3 is 4.74 Å². The molecule has 2 heteroatoms.